The van der Waals surface area contributed by atoms with Gasteiger partial charge in [0.15, 0.2) is 0 Å². The zero-order valence-corrected chi connectivity index (χ0v) is 12.2. The van der Waals surface area contributed by atoms with Crippen LogP contribution in [0.15, 0.2) is 35.6 Å². The van der Waals surface area contributed by atoms with Gasteiger partial charge in [0.1, 0.15) is 5.82 Å². The molecule has 0 spiro atoms. The van der Waals surface area contributed by atoms with Gasteiger partial charge in [-0.3, -0.25) is 9.40 Å². The maximum Gasteiger partial charge on any atom is 0.262 e. The Morgan fingerprint density at radius 3 is 2.85 bits per heavy atom. The standard InChI is InChI=1S/C12H17N5O2S/c1-3-5-13-12-7-11(4-6-14-12)20(18,19)16-10-8-15-17(2)9-10/h4,6-9,16H,3,5H2,1-2H3,(H,13,14). The molecule has 2 N–H and O–H groups in total. The molecule has 2 rings (SSSR count). The lowest BCUT2D eigenvalue weighted by molar-refractivity contribution is 0.601. The summed E-state index contributed by atoms with van der Waals surface area (Å²) in [6, 6.07) is 2.96. The summed E-state index contributed by atoms with van der Waals surface area (Å²) in [6.45, 7) is 2.77. The lowest BCUT2D eigenvalue weighted by atomic mass is 10.4. The number of anilines is 2. The number of sulfonamides is 1. The number of hydrogen-bond acceptors (Lipinski definition) is 5. The van der Waals surface area contributed by atoms with E-state index in [1.54, 1.807) is 13.2 Å². The third kappa shape index (κ3) is 3.47. The molecular weight excluding hydrogens is 278 g/mol. The minimum atomic E-state index is -3.63. The van der Waals surface area contributed by atoms with E-state index in [9.17, 15) is 8.42 Å². The molecule has 2 heterocycles. The van der Waals surface area contributed by atoms with Crippen molar-refractivity contribution in [2.75, 3.05) is 16.6 Å². The summed E-state index contributed by atoms with van der Waals surface area (Å²) in [5.41, 5.74) is 0.423. The van der Waals surface area contributed by atoms with Crippen LogP contribution in [0, 0.1) is 0 Å². The number of nitrogens with zero attached hydrogens (tertiary/aromatic N) is 3. The number of pyridine rings is 1. The molecule has 0 amide bonds. The quantitative estimate of drug-likeness (QED) is 0.841. The van der Waals surface area contributed by atoms with E-state index >= 15 is 0 Å². The van der Waals surface area contributed by atoms with Crippen LogP contribution in [0.1, 0.15) is 13.3 Å². The van der Waals surface area contributed by atoms with Gasteiger partial charge in [-0.05, 0) is 12.5 Å². The van der Waals surface area contributed by atoms with E-state index < -0.39 is 10.0 Å². The molecule has 0 aliphatic heterocycles. The summed E-state index contributed by atoms with van der Waals surface area (Å²) in [4.78, 5) is 4.24. The van der Waals surface area contributed by atoms with Crippen molar-refractivity contribution >= 4 is 21.5 Å². The molecule has 2 aromatic heterocycles. The summed E-state index contributed by atoms with van der Waals surface area (Å²) in [6.07, 6.45) is 5.45. The molecule has 0 aliphatic carbocycles. The Kier molecular flexibility index (Phi) is 4.23. The Balaban J connectivity index is 2.20. The van der Waals surface area contributed by atoms with Gasteiger partial charge in [-0.25, -0.2) is 13.4 Å². The number of hydrogen-bond donors (Lipinski definition) is 2. The molecule has 0 bridgehead atoms. The summed E-state index contributed by atoms with van der Waals surface area (Å²) in [5.74, 6) is 0.543. The van der Waals surface area contributed by atoms with Crippen LogP contribution in [0.25, 0.3) is 0 Å². The highest BCUT2D eigenvalue weighted by molar-refractivity contribution is 7.92. The molecule has 0 radical (unpaired) electrons. The largest absolute Gasteiger partial charge is 0.370 e. The topological polar surface area (TPSA) is 88.9 Å². The van der Waals surface area contributed by atoms with Gasteiger partial charge >= 0.3 is 0 Å². The lowest BCUT2D eigenvalue weighted by Crippen LogP contribution is -2.13. The monoisotopic (exact) mass is 295 g/mol. The molecule has 0 fully saturated rings. The molecule has 108 valence electrons. The minimum Gasteiger partial charge on any atom is -0.370 e. The van der Waals surface area contributed by atoms with Crippen molar-refractivity contribution in [3.63, 3.8) is 0 Å². The minimum absolute atomic E-state index is 0.162. The van der Waals surface area contributed by atoms with Crippen molar-refractivity contribution in [1.29, 1.82) is 0 Å². The number of nitrogens with one attached hydrogen (secondary N) is 2. The normalized spacial score (nSPS) is 11.3. The van der Waals surface area contributed by atoms with Gasteiger partial charge in [0.2, 0.25) is 0 Å². The van der Waals surface area contributed by atoms with Crippen molar-refractivity contribution in [3.05, 3.63) is 30.7 Å². The Morgan fingerprint density at radius 2 is 2.20 bits per heavy atom. The van der Waals surface area contributed by atoms with Gasteiger partial charge in [0.05, 0.1) is 16.8 Å². The van der Waals surface area contributed by atoms with Crippen molar-refractivity contribution in [2.45, 2.75) is 18.2 Å². The first kappa shape index (κ1) is 14.3. The summed E-state index contributed by atoms with van der Waals surface area (Å²) >= 11 is 0. The zero-order chi connectivity index (χ0) is 14.6. The predicted octanol–water partition coefficient (Wildman–Crippen LogP) is 1.44. The number of aromatic nitrogens is 3. The summed E-state index contributed by atoms with van der Waals surface area (Å²) in [5, 5.41) is 6.97. The molecule has 0 atom stereocenters. The second kappa shape index (κ2) is 5.91. The lowest BCUT2D eigenvalue weighted by Gasteiger charge is -2.08. The molecule has 20 heavy (non-hydrogen) atoms. The van der Waals surface area contributed by atoms with E-state index in [1.807, 2.05) is 6.92 Å². The van der Waals surface area contributed by atoms with Gasteiger partial charge in [0.25, 0.3) is 10.0 Å². The third-order valence-corrected chi connectivity index (χ3v) is 3.93. The maximum atomic E-state index is 12.2. The Hall–Kier alpha value is -2.09. The molecule has 8 heteroatoms. The van der Waals surface area contributed by atoms with E-state index in [-0.39, 0.29) is 4.90 Å². The SMILES string of the molecule is CCCNc1cc(S(=O)(=O)Nc2cnn(C)c2)ccn1. The highest BCUT2D eigenvalue weighted by Gasteiger charge is 2.15. The van der Waals surface area contributed by atoms with Crippen molar-refractivity contribution in [1.82, 2.24) is 14.8 Å². The fraction of sp³-hybridized carbons (Fsp3) is 0.333. The second-order valence-corrected chi connectivity index (χ2v) is 5.99. The highest BCUT2D eigenvalue weighted by atomic mass is 32.2. The van der Waals surface area contributed by atoms with E-state index in [2.05, 4.69) is 20.1 Å². The first-order valence-corrected chi connectivity index (χ1v) is 7.71. The van der Waals surface area contributed by atoms with Crippen LogP contribution in [0.4, 0.5) is 11.5 Å². The Bertz CT molecular complexity index is 681. The van der Waals surface area contributed by atoms with Gasteiger partial charge in [-0.1, -0.05) is 6.92 Å². The first-order chi connectivity index (χ1) is 9.51. The molecule has 0 aliphatic rings. The van der Waals surface area contributed by atoms with Crippen LogP contribution in [0.2, 0.25) is 0 Å². The van der Waals surface area contributed by atoms with Gasteiger partial charge in [-0.2, -0.15) is 5.10 Å². The maximum absolute atomic E-state index is 12.2. The van der Waals surface area contributed by atoms with Crippen molar-refractivity contribution in [2.24, 2.45) is 7.05 Å². The molecular formula is C12H17N5O2S. The molecule has 7 nitrogen and oxygen atoms in total. The van der Waals surface area contributed by atoms with Crippen LogP contribution in [0.3, 0.4) is 0 Å². The molecule has 0 aromatic carbocycles. The van der Waals surface area contributed by atoms with Crippen LogP contribution >= 0.6 is 0 Å². The van der Waals surface area contributed by atoms with Gasteiger partial charge in [0, 0.05) is 32.1 Å². The van der Waals surface area contributed by atoms with E-state index in [4.69, 9.17) is 0 Å². The first-order valence-electron chi connectivity index (χ1n) is 6.22. The summed E-state index contributed by atoms with van der Waals surface area (Å²) in [7, 11) is -1.91. The fourth-order valence-corrected chi connectivity index (χ4v) is 2.66. The average molecular weight is 295 g/mol. The van der Waals surface area contributed by atoms with Crippen LogP contribution in [-0.2, 0) is 17.1 Å². The van der Waals surface area contributed by atoms with Crippen molar-refractivity contribution in [3.8, 4) is 0 Å². The second-order valence-electron chi connectivity index (χ2n) is 4.31. The van der Waals surface area contributed by atoms with Crippen LogP contribution < -0.4 is 10.0 Å². The predicted molar refractivity (Wildman–Crippen MR) is 77.0 cm³/mol. The van der Waals surface area contributed by atoms with Crippen LogP contribution in [0.5, 0.6) is 0 Å². The Morgan fingerprint density at radius 1 is 1.40 bits per heavy atom. The Labute approximate surface area is 118 Å². The zero-order valence-electron chi connectivity index (χ0n) is 11.4. The van der Waals surface area contributed by atoms with Gasteiger partial charge < -0.3 is 5.32 Å². The van der Waals surface area contributed by atoms with E-state index in [0.29, 0.717) is 11.5 Å². The van der Waals surface area contributed by atoms with E-state index in [1.165, 1.54) is 29.2 Å². The number of aryl methyl sites for hydroxylation is 1. The summed E-state index contributed by atoms with van der Waals surface area (Å²) < 4.78 is 28.5. The highest BCUT2D eigenvalue weighted by Crippen LogP contribution is 2.17. The molecule has 0 saturated heterocycles. The number of rotatable bonds is 6. The van der Waals surface area contributed by atoms with Crippen LogP contribution in [-0.4, -0.2) is 29.7 Å². The third-order valence-electron chi connectivity index (χ3n) is 2.55. The molecule has 2 aromatic rings. The molecule has 0 unspecified atom stereocenters. The molecule has 0 saturated carbocycles. The smallest absolute Gasteiger partial charge is 0.262 e. The fourth-order valence-electron chi connectivity index (χ4n) is 1.62. The van der Waals surface area contributed by atoms with Gasteiger partial charge in [-0.15, -0.1) is 0 Å². The van der Waals surface area contributed by atoms with Crippen molar-refractivity contribution < 1.29 is 8.42 Å². The average Bonchev–Trinajstić information content (AvgIpc) is 2.81. The van der Waals surface area contributed by atoms with E-state index in [0.717, 1.165) is 13.0 Å².